The van der Waals surface area contributed by atoms with Gasteiger partial charge in [-0.3, -0.25) is 10.1 Å². The number of aryl methyl sites for hydroxylation is 1. The Hall–Kier alpha value is -2.21. The fourth-order valence-electron chi connectivity index (χ4n) is 1.59. The predicted octanol–water partition coefficient (Wildman–Crippen LogP) is 2.02. The van der Waals surface area contributed by atoms with E-state index in [0.717, 1.165) is 5.56 Å². The lowest BCUT2D eigenvalue weighted by Gasteiger charge is -2.01. The van der Waals surface area contributed by atoms with Gasteiger partial charge in [-0.05, 0) is 6.92 Å². The van der Waals surface area contributed by atoms with Crippen molar-refractivity contribution in [1.82, 2.24) is 5.16 Å². The van der Waals surface area contributed by atoms with Crippen LogP contribution in [-0.2, 0) is 6.54 Å². The van der Waals surface area contributed by atoms with Crippen LogP contribution in [0.2, 0.25) is 0 Å². The van der Waals surface area contributed by atoms with Gasteiger partial charge in [-0.1, -0.05) is 17.3 Å². The second-order valence-electron chi connectivity index (χ2n) is 3.64. The number of nitro groups is 1. The van der Waals surface area contributed by atoms with Gasteiger partial charge in [-0.15, -0.1) is 0 Å². The summed E-state index contributed by atoms with van der Waals surface area (Å²) >= 11 is 0. The number of hydrogen-bond donors (Lipinski definition) is 1. The molecule has 1 aromatic carbocycles. The first kappa shape index (κ1) is 11.3. The SMILES string of the molecule is Cc1ccc(-c2oncc2CN)cc1[N+](=O)[O-]. The van der Waals surface area contributed by atoms with Crippen molar-refractivity contribution in [3.8, 4) is 11.3 Å². The van der Waals surface area contributed by atoms with E-state index in [2.05, 4.69) is 5.16 Å². The number of benzene rings is 1. The van der Waals surface area contributed by atoms with Gasteiger partial charge >= 0.3 is 0 Å². The minimum Gasteiger partial charge on any atom is -0.356 e. The third-order valence-corrected chi connectivity index (χ3v) is 2.53. The van der Waals surface area contributed by atoms with Crippen molar-refractivity contribution in [2.45, 2.75) is 13.5 Å². The summed E-state index contributed by atoms with van der Waals surface area (Å²) < 4.78 is 5.06. The molecule has 2 N–H and O–H groups in total. The molecule has 0 saturated carbocycles. The molecule has 0 spiro atoms. The molecule has 1 heterocycles. The number of hydrogen-bond acceptors (Lipinski definition) is 5. The molecule has 88 valence electrons. The lowest BCUT2D eigenvalue weighted by atomic mass is 10.1. The van der Waals surface area contributed by atoms with Crippen LogP contribution < -0.4 is 5.73 Å². The molecule has 0 radical (unpaired) electrons. The van der Waals surface area contributed by atoms with Gasteiger partial charge < -0.3 is 10.3 Å². The van der Waals surface area contributed by atoms with Gasteiger partial charge in [0.15, 0.2) is 5.76 Å². The maximum absolute atomic E-state index is 10.8. The predicted molar refractivity (Wildman–Crippen MR) is 61.2 cm³/mol. The molecule has 0 aliphatic heterocycles. The van der Waals surface area contributed by atoms with Crippen LogP contribution >= 0.6 is 0 Å². The normalized spacial score (nSPS) is 10.5. The average Bonchev–Trinajstić information content (AvgIpc) is 2.77. The van der Waals surface area contributed by atoms with Gasteiger partial charge in [0, 0.05) is 29.3 Å². The standard InChI is InChI=1S/C11H11N3O3/c1-7-2-3-8(4-10(7)14(15)16)11-9(5-12)6-13-17-11/h2-4,6H,5,12H2,1H3. The quantitative estimate of drug-likeness (QED) is 0.646. The third-order valence-electron chi connectivity index (χ3n) is 2.53. The van der Waals surface area contributed by atoms with Gasteiger partial charge in [0.05, 0.1) is 11.1 Å². The highest BCUT2D eigenvalue weighted by atomic mass is 16.6. The molecule has 0 atom stereocenters. The van der Waals surface area contributed by atoms with Gasteiger partial charge in [-0.2, -0.15) is 0 Å². The van der Waals surface area contributed by atoms with Crippen LogP contribution in [0.1, 0.15) is 11.1 Å². The second-order valence-corrected chi connectivity index (χ2v) is 3.64. The van der Waals surface area contributed by atoms with E-state index in [9.17, 15) is 10.1 Å². The van der Waals surface area contributed by atoms with E-state index in [1.165, 1.54) is 12.3 Å². The van der Waals surface area contributed by atoms with Crippen molar-refractivity contribution in [3.63, 3.8) is 0 Å². The largest absolute Gasteiger partial charge is 0.356 e. The summed E-state index contributed by atoms with van der Waals surface area (Å²) in [6.45, 7) is 1.96. The van der Waals surface area contributed by atoms with Crippen molar-refractivity contribution in [2.24, 2.45) is 5.73 Å². The average molecular weight is 233 g/mol. The molecule has 0 saturated heterocycles. The van der Waals surface area contributed by atoms with Crippen LogP contribution in [0.5, 0.6) is 0 Å². The van der Waals surface area contributed by atoms with Gasteiger partial charge in [0.1, 0.15) is 0 Å². The minimum absolute atomic E-state index is 0.0573. The van der Waals surface area contributed by atoms with E-state index in [1.54, 1.807) is 19.1 Å². The molecule has 0 unspecified atom stereocenters. The van der Waals surface area contributed by atoms with Crippen molar-refractivity contribution in [1.29, 1.82) is 0 Å². The number of aromatic nitrogens is 1. The molecular weight excluding hydrogens is 222 g/mol. The Bertz CT molecular complexity index is 563. The van der Waals surface area contributed by atoms with E-state index >= 15 is 0 Å². The fraction of sp³-hybridized carbons (Fsp3) is 0.182. The molecule has 0 bridgehead atoms. The van der Waals surface area contributed by atoms with Crippen molar-refractivity contribution >= 4 is 5.69 Å². The van der Waals surface area contributed by atoms with Crippen LogP contribution in [0, 0.1) is 17.0 Å². The Morgan fingerprint density at radius 3 is 2.94 bits per heavy atom. The minimum atomic E-state index is -0.419. The summed E-state index contributed by atoms with van der Waals surface area (Å²) in [6.07, 6.45) is 1.51. The number of nitrogens with zero attached hydrogens (tertiary/aromatic N) is 2. The highest BCUT2D eigenvalue weighted by Gasteiger charge is 2.15. The Balaban J connectivity index is 2.54. The van der Waals surface area contributed by atoms with Crippen molar-refractivity contribution in [3.05, 3.63) is 45.6 Å². The van der Waals surface area contributed by atoms with Crippen molar-refractivity contribution in [2.75, 3.05) is 0 Å². The Morgan fingerprint density at radius 1 is 1.53 bits per heavy atom. The summed E-state index contributed by atoms with van der Waals surface area (Å²) in [7, 11) is 0. The number of nitrogens with two attached hydrogens (primary N) is 1. The number of nitro benzene ring substituents is 1. The highest BCUT2D eigenvalue weighted by Crippen LogP contribution is 2.28. The Kier molecular flexibility index (Phi) is 2.88. The Labute approximate surface area is 97.2 Å². The first-order valence-corrected chi connectivity index (χ1v) is 5.02. The molecule has 2 rings (SSSR count). The van der Waals surface area contributed by atoms with Crippen molar-refractivity contribution < 1.29 is 9.45 Å². The van der Waals surface area contributed by atoms with E-state index in [0.29, 0.717) is 16.9 Å². The summed E-state index contributed by atoms with van der Waals surface area (Å²) in [5, 5.41) is 14.5. The molecule has 0 aliphatic rings. The van der Waals surface area contributed by atoms with Crippen LogP contribution in [-0.4, -0.2) is 10.1 Å². The molecule has 0 fully saturated rings. The maximum atomic E-state index is 10.8. The summed E-state index contributed by atoms with van der Waals surface area (Å²) in [5.41, 5.74) is 7.52. The topological polar surface area (TPSA) is 95.2 Å². The van der Waals surface area contributed by atoms with E-state index in [1.807, 2.05) is 0 Å². The van der Waals surface area contributed by atoms with Gasteiger partial charge in [0.25, 0.3) is 5.69 Å². The first-order valence-electron chi connectivity index (χ1n) is 5.02. The lowest BCUT2D eigenvalue weighted by molar-refractivity contribution is -0.385. The maximum Gasteiger partial charge on any atom is 0.273 e. The molecule has 2 aromatic rings. The van der Waals surface area contributed by atoms with Crippen LogP contribution in [0.3, 0.4) is 0 Å². The fourth-order valence-corrected chi connectivity index (χ4v) is 1.59. The third kappa shape index (κ3) is 2.02. The Morgan fingerprint density at radius 2 is 2.29 bits per heavy atom. The molecular formula is C11H11N3O3. The van der Waals surface area contributed by atoms with Crippen LogP contribution in [0.4, 0.5) is 5.69 Å². The molecule has 0 aliphatic carbocycles. The molecule has 6 heteroatoms. The molecule has 6 nitrogen and oxygen atoms in total. The highest BCUT2D eigenvalue weighted by molar-refractivity contribution is 5.65. The van der Waals surface area contributed by atoms with E-state index in [4.69, 9.17) is 10.3 Å². The smallest absolute Gasteiger partial charge is 0.273 e. The van der Waals surface area contributed by atoms with E-state index in [-0.39, 0.29) is 12.2 Å². The zero-order valence-electron chi connectivity index (χ0n) is 9.21. The zero-order valence-corrected chi connectivity index (χ0v) is 9.21. The summed E-state index contributed by atoms with van der Waals surface area (Å²) in [6, 6.07) is 4.90. The molecule has 17 heavy (non-hydrogen) atoms. The molecule has 1 aromatic heterocycles. The van der Waals surface area contributed by atoms with Gasteiger partial charge in [0.2, 0.25) is 0 Å². The first-order chi connectivity index (χ1) is 8.13. The molecule has 0 amide bonds. The zero-order chi connectivity index (χ0) is 12.4. The number of rotatable bonds is 3. The monoisotopic (exact) mass is 233 g/mol. The van der Waals surface area contributed by atoms with E-state index < -0.39 is 4.92 Å². The van der Waals surface area contributed by atoms with Crippen LogP contribution in [0.25, 0.3) is 11.3 Å². The lowest BCUT2D eigenvalue weighted by Crippen LogP contribution is -1.97. The summed E-state index contributed by atoms with van der Waals surface area (Å²) in [5.74, 6) is 0.482. The van der Waals surface area contributed by atoms with Gasteiger partial charge in [-0.25, -0.2) is 0 Å². The second kappa shape index (κ2) is 4.34. The summed E-state index contributed by atoms with van der Waals surface area (Å²) in [4.78, 5) is 10.4. The van der Waals surface area contributed by atoms with Crippen LogP contribution in [0.15, 0.2) is 28.9 Å².